The predicted octanol–water partition coefficient (Wildman–Crippen LogP) is 3.10. The van der Waals surface area contributed by atoms with Gasteiger partial charge in [-0.05, 0) is 37.1 Å². The van der Waals surface area contributed by atoms with Crippen molar-refractivity contribution in [1.29, 1.82) is 0 Å². The molecular formula is C19H21N5. The molecule has 3 aromatic rings. The van der Waals surface area contributed by atoms with E-state index in [1.807, 2.05) is 49.2 Å². The minimum atomic E-state index is 0.465. The van der Waals surface area contributed by atoms with Crippen molar-refractivity contribution in [3.63, 3.8) is 0 Å². The van der Waals surface area contributed by atoms with Gasteiger partial charge in [0.15, 0.2) is 0 Å². The van der Waals surface area contributed by atoms with Crippen LogP contribution in [-0.4, -0.2) is 37.5 Å². The first-order chi connectivity index (χ1) is 11.8. The molecule has 0 aromatic carbocycles. The van der Waals surface area contributed by atoms with E-state index in [-0.39, 0.29) is 0 Å². The lowest BCUT2D eigenvalue weighted by Gasteiger charge is -2.19. The van der Waals surface area contributed by atoms with Crippen LogP contribution < -0.4 is 0 Å². The third-order valence-corrected chi connectivity index (χ3v) is 4.66. The minimum absolute atomic E-state index is 0.465. The molecule has 4 heterocycles. The van der Waals surface area contributed by atoms with Crippen molar-refractivity contribution in [2.75, 3.05) is 13.1 Å². The van der Waals surface area contributed by atoms with Crippen LogP contribution in [0.3, 0.4) is 0 Å². The van der Waals surface area contributed by atoms with Gasteiger partial charge in [0.25, 0.3) is 0 Å². The zero-order valence-corrected chi connectivity index (χ0v) is 13.8. The Morgan fingerprint density at radius 3 is 2.75 bits per heavy atom. The summed E-state index contributed by atoms with van der Waals surface area (Å²) in [6, 6.07) is 8.67. The average molecular weight is 319 g/mol. The quantitative estimate of drug-likeness (QED) is 0.741. The molecule has 122 valence electrons. The zero-order valence-electron chi connectivity index (χ0n) is 13.8. The van der Waals surface area contributed by atoms with E-state index < -0.39 is 0 Å². The van der Waals surface area contributed by atoms with Crippen LogP contribution in [-0.2, 0) is 6.54 Å². The standard InChI is InChI=1S/C19H21N5/c1-15-11-22-19(17-4-8-20-9-5-17)24(15)18-6-10-23(14-18)13-16-3-2-7-21-12-16/h2-5,7-9,11-12,18H,6,10,13-14H2,1H3. The van der Waals surface area contributed by atoms with Crippen LogP contribution in [0.4, 0.5) is 0 Å². The van der Waals surface area contributed by atoms with E-state index >= 15 is 0 Å². The summed E-state index contributed by atoms with van der Waals surface area (Å²) in [4.78, 5) is 15.5. The van der Waals surface area contributed by atoms with Crippen LogP contribution in [0.15, 0.2) is 55.2 Å². The van der Waals surface area contributed by atoms with Crippen molar-refractivity contribution >= 4 is 0 Å². The van der Waals surface area contributed by atoms with Gasteiger partial charge in [0.05, 0.1) is 0 Å². The number of aromatic nitrogens is 4. The molecule has 1 fully saturated rings. The largest absolute Gasteiger partial charge is 0.324 e. The summed E-state index contributed by atoms with van der Waals surface area (Å²) in [7, 11) is 0. The van der Waals surface area contributed by atoms with E-state index in [1.54, 1.807) is 0 Å². The van der Waals surface area contributed by atoms with E-state index in [0.29, 0.717) is 6.04 Å². The third kappa shape index (κ3) is 2.95. The molecule has 1 aliphatic rings. The molecule has 0 aliphatic carbocycles. The third-order valence-electron chi connectivity index (χ3n) is 4.66. The number of likely N-dealkylation sites (tertiary alicyclic amines) is 1. The van der Waals surface area contributed by atoms with Crippen molar-refractivity contribution in [1.82, 2.24) is 24.4 Å². The van der Waals surface area contributed by atoms with Crippen molar-refractivity contribution in [2.45, 2.75) is 25.9 Å². The molecule has 4 rings (SSSR count). The Labute approximate surface area is 142 Å². The summed E-state index contributed by atoms with van der Waals surface area (Å²) in [6.07, 6.45) is 10.6. The zero-order chi connectivity index (χ0) is 16.4. The molecule has 5 nitrogen and oxygen atoms in total. The molecule has 0 amide bonds. The smallest absolute Gasteiger partial charge is 0.140 e. The van der Waals surface area contributed by atoms with E-state index in [9.17, 15) is 0 Å². The van der Waals surface area contributed by atoms with Crippen molar-refractivity contribution in [2.24, 2.45) is 0 Å². The van der Waals surface area contributed by atoms with Crippen molar-refractivity contribution in [3.05, 3.63) is 66.5 Å². The van der Waals surface area contributed by atoms with Gasteiger partial charge in [-0.1, -0.05) is 6.07 Å². The molecule has 1 saturated heterocycles. The maximum atomic E-state index is 4.65. The fourth-order valence-corrected chi connectivity index (χ4v) is 3.54. The minimum Gasteiger partial charge on any atom is -0.324 e. The normalized spacial score (nSPS) is 18.1. The second kappa shape index (κ2) is 6.53. The molecule has 0 radical (unpaired) electrons. The lowest BCUT2D eigenvalue weighted by Crippen LogP contribution is -2.22. The fraction of sp³-hybridized carbons (Fsp3) is 0.316. The number of aryl methyl sites for hydroxylation is 1. The van der Waals surface area contributed by atoms with Gasteiger partial charge >= 0.3 is 0 Å². The molecule has 5 heteroatoms. The SMILES string of the molecule is Cc1cnc(-c2ccncc2)n1C1CCN(Cc2cccnc2)C1. The van der Waals surface area contributed by atoms with E-state index in [4.69, 9.17) is 0 Å². The summed E-state index contributed by atoms with van der Waals surface area (Å²) in [5, 5.41) is 0. The Morgan fingerprint density at radius 2 is 1.96 bits per heavy atom. The van der Waals surface area contributed by atoms with E-state index in [0.717, 1.165) is 37.4 Å². The Balaban J connectivity index is 1.54. The topological polar surface area (TPSA) is 46.8 Å². The van der Waals surface area contributed by atoms with Gasteiger partial charge in [-0.25, -0.2) is 4.98 Å². The molecular weight excluding hydrogens is 298 g/mol. The maximum absolute atomic E-state index is 4.65. The molecule has 0 saturated carbocycles. The molecule has 0 N–H and O–H groups in total. The first kappa shape index (κ1) is 15.0. The van der Waals surface area contributed by atoms with Gasteiger partial charge in [-0.2, -0.15) is 0 Å². The molecule has 1 atom stereocenters. The average Bonchev–Trinajstić information content (AvgIpc) is 3.23. The highest BCUT2D eigenvalue weighted by Crippen LogP contribution is 2.29. The van der Waals surface area contributed by atoms with Gasteiger partial charge in [0.2, 0.25) is 0 Å². The lowest BCUT2D eigenvalue weighted by molar-refractivity contribution is 0.315. The Hall–Kier alpha value is -2.53. The Morgan fingerprint density at radius 1 is 1.08 bits per heavy atom. The van der Waals surface area contributed by atoms with Crippen LogP contribution in [0.5, 0.6) is 0 Å². The molecule has 3 aromatic heterocycles. The Bertz CT molecular complexity index is 797. The van der Waals surface area contributed by atoms with Crippen LogP contribution in [0.2, 0.25) is 0 Å². The summed E-state index contributed by atoms with van der Waals surface area (Å²) in [5.41, 5.74) is 3.62. The first-order valence-corrected chi connectivity index (χ1v) is 8.37. The van der Waals surface area contributed by atoms with E-state index in [1.165, 1.54) is 11.3 Å². The molecule has 0 spiro atoms. The molecule has 1 unspecified atom stereocenters. The summed E-state index contributed by atoms with van der Waals surface area (Å²) in [5.74, 6) is 1.04. The molecule has 24 heavy (non-hydrogen) atoms. The number of imidazole rings is 1. The summed E-state index contributed by atoms with van der Waals surface area (Å²) < 4.78 is 2.39. The number of rotatable bonds is 4. The van der Waals surface area contributed by atoms with Gasteiger partial charge in [-0.3, -0.25) is 14.9 Å². The second-order valence-corrected chi connectivity index (χ2v) is 6.37. The first-order valence-electron chi connectivity index (χ1n) is 8.37. The predicted molar refractivity (Wildman–Crippen MR) is 93.4 cm³/mol. The highest BCUT2D eigenvalue weighted by molar-refractivity contribution is 5.55. The Kier molecular flexibility index (Phi) is 4.09. The van der Waals surface area contributed by atoms with E-state index in [2.05, 4.69) is 37.4 Å². The monoisotopic (exact) mass is 319 g/mol. The number of hydrogen-bond donors (Lipinski definition) is 0. The maximum Gasteiger partial charge on any atom is 0.140 e. The van der Waals surface area contributed by atoms with Crippen molar-refractivity contribution < 1.29 is 0 Å². The lowest BCUT2D eigenvalue weighted by atomic mass is 10.2. The van der Waals surface area contributed by atoms with Gasteiger partial charge in [0, 0.05) is 67.9 Å². The van der Waals surface area contributed by atoms with Gasteiger partial charge in [0.1, 0.15) is 5.82 Å². The molecule has 0 bridgehead atoms. The second-order valence-electron chi connectivity index (χ2n) is 6.37. The van der Waals surface area contributed by atoms with Crippen molar-refractivity contribution in [3.8, 4) is 11.4 Å². The van der Waals surface area contributed by atoms with Crippen LogP contribution >= 0.6 is 0 Å². The highest BCUT2D eigenvalue weighted by atomic mass is 15.2. The summed E-state index contributed by atoms with van der Waals surface area (Å²) >= 11 is 0. The van der Waals surface area contributed by atoms with Gasteiger partial charge in [-0.15, -0.1) is 0 Å². The number of nitrogens with zero attached hydrogens (tertiary/aromatic N) is 5. The summed E-state index contributed by atoms with van der Waals surface area (Å²) in [6.45, 7) is 5.25. The van der Waals surface area contributed by atoms with Crippen LogP contribution in [0, 0.1) is 6.92 Å². The van der Waals surface area contributed by atoms with Crippen LogP contribution in [0.25, 0.3) is 11.4 Å². The highest BCUT2D eigenvalue weighted by Gasteiger charge is 2.27. The fourth-order valence-electron chi connectivity index (χ4n) is 3.54. The molecule has 1 aliphatic heterocycles. The number of pyridine rings is 2. The van der Waals surface area contributed by atoms with Gasteiger partial charge < -0.3 is 4.57 Å². The number of hydrogen-bond acceptors (Lipinski definition) is 4. The van der Waals surface area contributed by atoms with Crippen LogP contribution in [0.1, 0.15) is 23.7 Å².